The van der Waals surface area contributed by atoms with Gasteiger partial charge in [-0.1, -0.05) is 25.3 Å². The van der Waals surface area contributed by atoms with Crippen molar-refractivity contribution in [1.29, 1.82) is 0 Å². The Hall–Kier alpha value is -1.55. The van der Waals surface area contributed by atoms with Crippen molar-refractivity contribution in [2.75, 3.05) is 19.0 Å². The number of ether oxygens (including phenoxy) is 1. The Labute approximate surface area is 113 Å². The van der Waals surface area contributed by atoms with Gasteiger partial charge in [0.2, 0.25) is 0 Å². The fraction of sp³-hybridized carbons (Fsp3) is 0.533. The highest BCUT2D eigenvalue weighted by atomic mass is 16.5. The second-order valence-electron chi connectivity index (χ2n) is 5.47. The zero-order valence-corrected chi connectivity index (χ0v) is 11.2. The average Bonchev–Trinajstić information content (AvgIpc) is 2.37. The average molecular weight is 260 g/mol. The van der Waals surface area contributed by atoms with Crippen LogP contribution in [0, 0.1) is 5.92 Å². The van der Waals surface area contributed by atoms with Gasteiger partial charge >= 0.3 is 0 Å². The van der Waals surface area contributed by atoms with Crippen molar-refractivity contribution in [3.8, 4) is 5.75 Å². The normalized spacial score (nSPS) is 19.9. The van der Waals surface area contributed by atoms with Crippen molar-refractivity contribution in [2.24, 2.45) is 5.92 Å². The van der Waals surface area contributed by atoms with Crippen molar-refractivity contribution in [2.45, 2.75) is 31.7 Å². The summed E-state index contributed by atoms with van der Waals surface area (Å²) in [5, 5.41) is 6.25. The Kier molecular flexibility index (Phi) is 3.42. The molecule has 0 aromatic heterocycles. The highest BCUT2D eigenvalue weighted by molar-refractivity contribution is 5.95. The minimum absolute atomic E-state index is 0.0790. The zero-order valence-electron chi connectivity index (χ0n) is 11.2. The van der Waals surface area contributed by atoms with Crippen LogP contribution in [0.2, 0.25) is 0 Å². The second-order valence-corrected chi connectivity index (χ2v) is 5.47. The van der Waals surface area contributed by atoms with E-state index in [0.717, 1.165) is 17.4 Å². The summed E-state index contributed by atoms with van der Waals surface area (Å²) in [5.41, 5.74) is 2.02. The van der Waals surface area contributed by atoms with Crippen LogP contribution in [0.1, 0.15) is 37.3 Å². The molecule has 3 rings (SSSR count). The molecule has 1 amide bonds. The van der Waals surface area contributed by atoms with Gasteiger partial charge in [-0.3, -0.25) is 4.79 Å². The van der Waals surface area contributed by atoms with E-state index in [1.54, 1.807) is 0 Å². The molecule has 1 aromatic rings. The molecule has 0 spiro atoms. The first-order chi connectivity index (χ1) is 9.26. The van der Waals surface area contributed by atoms with E-state index in [0.29, 0.717) is 6.04 Å². The predicted molar refractivity (Wildman–Crippen MR) is 74.3 cm³/mol. The van der Waals surface area contributed by atoms with Gasteiger partial charge in [-0.25, -0.2) is 0 Å². The third kappa shape index (κ3) is 2.59. The largest absolute Gasteiger partial charge is 0.482 e. The van der Waals surface area contributed by atoms with Crippen LogP contribution in [0.15, 0.2) is 18.2 Å². The molecule has 0 radical (unpaired) electrons. The molecular formula is C15H20N2O2. The van der Waals surface area contributed by atoms with E-state index in [9.17, 15) is 4.79 Å². The summed E-state index contributed by atoms with van der Waals surface area (Å²) in [7, 11) is 2.00. The molecule has 2 aliphatic rings. The Balaban J connectivity index is 1.78. The van der Waals surface area contributed by atoms with Crippen LogP contribution < -0.4 is 15.4 Å². The Bertz CT molecular complexity index is 483. The van der Waals surface area contributed by atoms with E-state index < -0.39 is 0 Å². The van der Waals surface area contributed by atoms with Crippen molar-refractivity contribution >= 4 is 11.6 Å². The van der Waals surface area contributed by atoms with Crippen molar-refractivity contribution in [3.05, 3.63) is 23.8 Å². The molecule has 4 nitrogen and oxygen atoms in total. The smallest absolute Gasteiger partial charge is 0.262 e. The fourth-order valence-corrected chi connectivity index (χ4v) is 2.80. The molecule has 1 atom stereocenters. The van der Waals surface area contributed by atoms with Crippen LogP contribution in [-0.2, 0) is 4.79 Å². The van der Waals surface area contributed by atoms with Crippen molar-refractivity contribution < 1.29 is 9.53 Å². The number of rotatable bonds is 4. The second kappa shape index (κ2) is 5.21. The van der Waals surface area contributed by atoms with Gasteiger partial charge in [0.25, 0.3) is 5.91 Å². The monoisotopic (exact) mass is 260 g/mol. The van der Waals surface area contributed by atoms with E-state index >= 15 is 0 Å². The first kappa shape index (κ1) is 12.5. The maximum absolute atomic E-state index is 11.4. The van der Waals surface area contributed by atoms with E-state index in [1.165, 1.54) is 31.2 Å². The van der Waals surface area contributed by atoms with Gasteiger partial charge in [-0.05, 0) is 37.1 Å². The molecule has 2 N–H and O–H groups in total. The van der Waals surface area contributed by atoms with Gasteiger partial charge in [-0.2, -0.15) is 0 Å². The number of anilines is 1. The molecule has 19 heavy (non-hydrogen) atoms. The third-order valence-corrected chi connectivity index (χ3v) is 4.18. The van der Waals surface area contributed by atoms with E-state index in [4.69, 9.17) is 4.74 Å². The Morgan fingerprint density at radius 2 is 2.32 bits per heavy atom. The van der Waals surface area contributed by atoms with Gasteiger partial charge in [0, 0.05) is 6.04 Å². The van der Waals surface area contributed by atoms with Crippen molar-refractivity contribution in [3.63, 3.8) is 0 Å². The lowest BCUT2D eigenvalue weighted by Crippen LogP contribution is -2.26. The molecule has 1 heterocycles. The summed E-state index contributed by atoms with van der Waals surface area (Å²) in [6.07, 6.45) is 5.24. The number of hydrogen-bond donors (Lipinski definition) is 2. The maximum Gasteiger partial charge on any atom is 0.262 e. The van der Waals surface area contributed by atoms with Crippen LogP contribution in [0.4, 0.5) is 5.69 Å². The zero-order chi connectivity index (χ0) is 13.2. The molecule has 1 fully saturated rings. The van der Waals surface area contributed by atoms with Crippen LogP contribution in [-0.4, -0.2) is 19.6 Å². The molecule has 0 bridgehead atoms. The lowest BCUT2D eigenvalue weighted by molar-refractivity contribution is -0.118. The summed E-state index contributed by atoms with van der Waals surface area (Å²) in [6, 6.07) is 6.44. The number of fused-ring (bicyclic) bond motifs is 1. The van der Waals surface area contributed by atoms with Gasteiger partial charge < -0.3 is 15.4 Å². The highest BCUT2D eigenvalue weighted by Crippen LogP contribution is 2.37. The highest BCUT2D eigenvalue weighted by Gasteiger charge is 2.23. The van der Waals surface area contributed by atoms with Crippen LogP contribution in [0.5, 0.6) is 5.75 Å². The fourth-order valence-electron chi connectivity index (χ4n) is 2.80. The molecule has 4 heteroatoms. The minimum atomic E-state index is -0.0790. The molecular weight excluding hydrogens is 240 g/mol. The standard InChI is InChI=1S/C15H20N2O2/c1-16-12(7-10-3-2-4-10)11-5-6-14-13(8-11)17-15(18)9-19-14/h5-6,8,10,12,16H,2-4,7,9H2,1H3,(H,17,18). The Morgan fingerprint density at radius 1 is 1.47 bits per heavy atom. The summed E-state index contributed by atoms with van der Waals surface area (Å²) in [6.45, 7) is 0.115. The quantitative estimate of drug-likeness (QED) is 0.874. The summed E-state index contributed by atoms with van der Waals surface area (Å²) in [5.74, 6) is 1.53. The van der Waals surface area contributed by atoms with Gasteiger partial charge in [0.05, 0.1) is 5.69 Å². The Morgan fingerprint density at radius 3 is 3.00 bits per heavy atom. The van der Waals surface area contributed by atoms with Gasteiger partial charge in [0.1, 0.15) is 5.75 Å². The number of carbonyl (C=O) groups is 1. The number of nitrogens with one attached hydrogen (secondary N) is 2. The lowest BCUT2D eigenvalue weighted by Gasteiger charge is -2.30. The lowest BCUT2D eigenvalue weighted by atomic mass is 9.79. The third-order valence-electron chi connectivity index (χ3n) is 4.18. The molecule has 102 valence electrons. The van der Waals surface area contributed by atoms with E-state index in [1.807, 2.05) is 19.2 Å². The SMILES string of the molecule is CNC(CC1CCC1)c1ccc2c(c1)NC(=O)CO2. The molecule has 1 aromatic carbocycles. The first-order valence-corrected chi connectivity index (χ1v) is 7.00. The van der Waals surface area contributed by atoms with E-state index in [-0.39, 0.29) is 12.5 Å². The molecule has 1 aliphatic heterocycles. The van der Waals surface area contributed by atoms with Gasteiger partial charge in [0.15, 0.2) is 6.61 Å². The summed E-state index contributed by atoms with van der Waals surface area (Å²) in [4.78, 5) is 11.4. The van der Waals surface area contributed by atoms with Crippen LogP contribution >= 0.6 is 0 Å². The van der Waals surface area contributed by atoms with Crippen molar-refractivity contribution in [1.82, 2.24) is 5.32 Å². The number of hydrogen-bond acceptors (Lipinski definition) is 3. The summed E-state index contributed by atoms with van der Waals surface area (Å²) < 4.78 is 5.39. The van der Waals surface area contributed by atoms with Crippen LogP contribution in [0.25, 0.3) is 0 Å². The first-order valence-electron chi connectivity index (χ1n) is 7.00. The number of amides is 1. The molecule has 1 unspecified atom stereocenters. The summed E-state index contributed by atoms with van der Waals surface area (Å²) >= 11 is 0. The van der Waals surface area contributed by atoms with Crippen LogP contribution in [0.3, 0.4) is 0 Å². The predicted octanol–water partition coefficient (Wildman–Crippen LogP) is 2.47. The van der Waals surface area contributed by atoms with E-state index in [2.05, 4.69) is 16.7 Å². The topological polar surface area (TPSA) is 50.4 Å². The number of carbonyl (C=O) groups excluding carboxylic acids is 1. The van der Waals surface area contributed by atoms with Gasteiger partial charge in [-0.15, -0.1) is 0 Å². The molecule has 0 saturated heterocycles. The minimum Gasteiger partial charge on any atom is -0.482 e. The maximum atomic E-state index is 11.4. The number of benzene rings is 1. The molecule has 1 aliphatic carbocycles. The molecule has 1 saturated carbocycles.